The topological polar surface area (TPSA) is 30.5 Å². The lowest BCUT2D eigenvalue weighted by Crippen LogP contribution is -2.04. The molecule has 0 saturated carbocycles. The molecule has 0 saturated heterocycles. The van der Waals surface area contributed by atoms with Crippen molar-refractivity contribution in [3.05, 3.63) is 54.1 Å². The second-order valence-corrected chi connectivity index (χ2v) is 5.83. The van der Waals surface area contributed by atoms with E-state index in [1.54, 1.807) is 0 Å². The molecular formula is C21H29NO2. The van der Waals surface area contributed by atoms with Crippen LogP contribution in [0.2, 0.25) is 0 Å². The summed E-state index contributed by atoms with van der Waals surface area (Å²) in [5.41, 5.74) is 2.26. The van der Waals surface area contributed by atoms with Gasteiger partial charge in [0.15, 0.2) is 0 Å². The molecule has 0 unspecified atom stereocenters. The Labute approximate surface area is 146 Å². The van der Waals surface area contributed by atoms with Crippen molar-refractivity contribution in [1.29, 1.82) is 0 Å². The summed E-state index contributed by atoms with van der Waals surface area (Å²) < 4.78 is 11.4. The predicted molar refractivity (Wildman–Crippen MR) is 101 cm³/mol. The van der Waals surface area contributed by atoms with Crippen LogP contribution in [0.5, 0.6) is 11.5 Å². The summed E-state index contributed by atoms with van der Waals surface area (Å²) in [6.07, 6.45) is 4.89. The minimum absolute atomic E-state index is 0.690. The number of para-hydroxylation sites is 1. The van der Waals surface area contributed by atoms with Crippen LogP contribution in [-0.4, -0.2) is 13.2 Å². The molecule has 0 fully saturated rings. The first kappa shape index (κ1) is 18.2. The fraction of sp³-hybridized carbons (Fsp3) is 0.429. The molecule has 0 aromatic heterocycles. The second-order valence-electron chi connectivity index (χ2n) is 5.83. The molecule has 130 valence electrons. The number of anilines is 1. The van der Waals surface area contributed by atoms with Gasteiger partial charge in [-0.1, -0.05) is 44.4 Å². The van der Waals surface area contributed by atoms with E-state index in [1.165, 1.54) is 24.8 Å². The standard InChI is InChI=1S/C21H29NO2/c1-3-5-6-9-16-24-21-11-8-7-10-18(21)17-22-19-12-14-20(15-13-19)23-4-2/h7-8,10-15,22H,3-6,9,16-17H2,1-2H3. The minimum Gasteiger partial charge on any atom is -0.494 e. The van der Waals surface area contributed by atoms with Gasteiger partial charge in [0.2, 0.25) is 0 Å². The molecule has 0 aliphatic heterocycles. The van der Waals surface area contributed by atoms with E-state index in [2.05, 4.69) is 30.4 Å². The monoisotopic (exact) mass is 327 g/mol. The Bertz CT molecular complexity index is 581. The van der Waals surface area contributed by atoms with Gasteiger partial charge in [0.25, 0.3) is 0 Å². The zero-order chi connectivity index (χ0) is 17.0. The Kier molecular flexibility index (Phi) is 8.02. The maximum Gasteiger partial charge on any atom is 0.124 e. The van der Waals surface area contributed by atoms with E-state index in [-0.39, 0.29) is 0 Å². The second kappa shape index (κ2) is 10.6. The average Bonchev–Trinajstić information content (AvgIpc) is 2.62. The number of benzene rings is 2. The molecule has 3 heteroatoms. The van der Waals surface area contributed by atoms with Gasteiger partial charge < -0.3 is 14.8 Å². The molecule has 24 heavy (non-hydrogen) atoms. The summed E-state index contributed by atoms with van der Waals surface area (Å²) in [6.45, 7) is 6.45. The van der Waals surface area contributed by atoms with Crippen molar-refractivity contribution in [3.8, 4) is 11.5 Å². The summed E-state index contributed by atoms with van der Waals surface area (Å²) >= 11 is 0. The molecule has 3 nitrogen and oxygen atoms in total. The Morgan fingerprint density at radius 1 is 0.833 bits per heavy atom. The number of nitrogens with one attached hydrogen (secondary N) is 1. The van der Waals surface area contributed by atoms with E-state index in [4.69, 9.17) is 9.47 Å². The Morgan fingerprint density at radius 3 is 2.38 bits per heavy atom. The van der Waals surface area contributed by atoms with Crippen LogP contribution in [0, 0.1) is 0 Å². The van der Waals surface area contributed by atoms with Gasteiger partial charge in [-0.3, -0.25) is 0 Å². The molecule has 0 radical (unpaired) electrons. The number of hydrogen-bond donors (Lipinski definition) is 1. The molecule has 0 amide bonds. The van der Waals surface area contributed by atoms with Crippen LogP contribution in [0.25, 0.3) is 0 Å². The highest BCUT2D eigenvalue weighted by atomic mass is 16.5. The lowest BCUT2D eigenvalue weighted by atomic mass is 10.2. The van der Waals surface area contributed by atoms with Crippen molar-refractivity contribution in [2.24, 2.45) is 0 Å². The van der Waals surface area contributed by atoms with Gasteiger partial charge in [-0.25, -0.2) is 0 Å². The van der Waals surface area contributed by atoms with Gasteiger partial charge in [-0.15, -0.1) is 0 Å². The normalized spacial score (nSPS) is 10.4. The maximum atomic E-state index is 5.96. The zero-order valence-electron chi connectivity index (χ0n) is 14.9. The van der Waals surface area contributed by atoms with Crippen molar-refractivity contribution < 1.29 is 9.47 Å². The smallest absolute Gasteiger partial charge is 0.124 e. The van der Waals surface area contributed by atoms with Crippen LogP contribution < -0.4 is 14.8 Å². The Morgan fingerprint density at radius 2 is 1.62 bits per heavy atom. The minimum atomic E-state index is 0.690. The van der Waals surface area contributed by atoms with Crippen molar-refractivity contribution >= 4 is 5.69 Å². The van der Waals surface area contributed by atoms with E-state index in [0.717, 1.165) is 36.8 Å². The summed E-state index contributed by atoms with van der Waals surface area (Å²) in [5, 5.41) is 3.45. The summed E-state index contributed by atoms with van der Waals surface area (Å²) in [6, 6.07) is 16.3. The van der Waals surface area contributed by atoms with E-state index in [1.807, 2.05) is 37.3 Å². The Balaban J connectivity index is 1.85. The highest BCUT2D eigenvalue weighted by Crippen LogP contribution is 2.21. The lowest BCUT2D eigenvalue weighted by molar-refractivity contribution is 0.302. The molecule has 0 atom stereocenters. The number of ether oxygens (including phenoxy) is 2. The third-order valence-corrected chi connectivity index (χ3v) is 3.88. The molecular weight excluding hydrogens is 298 g/mol. The van der Waals surface area contributed by atoms with Crippen LogP contribution in [0.1, 0.15) is 45.1 Å². The first-order valence-corrected chi connectivity index (χ1v) is 9.01. The van der Waals surface area contributed by atoms with Crippen LogP contribution in [-0.2, 0) is 6.54 Å². The molecule has 0 aliphatic rings. The van der Waals surface area contributed by atoms with E-state index in [9.17, 15) is 0 Å². The van der Waals surface area contributed by atoms with Gasteiger partial charge >= 0.3 is 0 Å². The SMILES string of the molecule is CCCCCCOc1ccccc1CNc1ccc(OCC)cc1. The van der Waals surface area contributed by atoms with Crippen molar-refractivity contribution in [2.45, 2.75) is 46.1 Å². The Hall–Kier alpha value is -2.16. The number of hydrogen-bond acceptors (Lipinski definition) is 3. The van der Waals surface area contributed by atoms with Crippen molar-refractivity contribution in [3.63, 3.8) is 0 Å². The van der Waals surface area contributed by atoms with E-state index in [0.29, 0.717) is 6.61 Å². The highest BCUT2D eigenvalue weighted by molar-refractivity contribution is 5.47. The van der Waals surface area contributed by atoms with Gasteiger partial charge in [-0.05, 0) is 43.7 Å². The molecule has 1 N–H and O–H groups in total. The third kappa shape index (κ3) is 6.15. The van der Waals surface area contributed by atoms with Gasteiger partial charge in [0.05, 0.1) is 13.2 Å². The zero-order valence-corrected chi connectivity index (χ0v) is 14.9. The van der Waals surface area contributed by atoms with Crippen LogP contribution >= 0.6 is 0 Å². The molecule has 2 aromatic rings. The maximum absolute atomic E-state index is 5.96. The highest BCUT2D eigenvalue weighted by Gasteiger charge is 2.03. The first-order chi connectivity index (χ1) is 11.8. The van der Waals surface area contributed by atoms with Crippen molar-refractivity contribution in [2.75, 3.05) is 18.5 Å². The fourth-order valence-corrected chi connectivity index (χ4v) is 2.53. The molecule has 0 spiro atoms. The third-order valence-electron chi connectivity index (χ3n) is 3.88. The largest absolute Gasteiger partial charge is 0.494 e. The van der Waals surface area contributed by atoms with Crippen molar-refractivity contribution in [1.82, 2.24) is 0 Å². The fourth-order valence-electron chi connectivity index (χ4n) is 2.53. The number of rotatable bonds is 11. The summed E-state index contributed by atoms with van der Waals surface area (Å²) in [5.74, 6) is 1.88. The van der Waals surface area contributed by atoms with E-state index >= 15 is 0 Å². The lowest BCUT2D eigenvalue weighted by Gasteiger charge is -2.13. The van der Waals surface area contributed by atoms with Gasteiger partial charge in [0, 0.05) is 17.8 Å². The van der Waals surface area contributed by atoms with Crippen LogP contribution in [0.3, 0.4) is 0 Å². The average molecular weight is 327 g/mol. The predicted octanol–water partition coefficient (Wildman–Crippen LogP) is 5.66. The molecule has 0 heterocycles. The van der Waals surface area contributed by atoms with Gasteiger partial charge in [0.1, 0.15) is 11.5 Å². The van der Waals surface area contributed by atoms with Crippen LogP contribution in [0.15, 0.2) is 48.5 Å². The molecule has 0 aliphatic carbocycles. The summed E-state index contributed by atoms with van der Waals surface area (Å²) in [4.78, 5) is 0. The van der Waals surface area contributed by atoms with Crippen LogP contribution in [0.4, 0.5) is 5.69 Å². The molecule has 2 rings (SSSR count). The van der Waals surface area contributed by atoms with E-state index < -0.39 is 0 Å². The summed E-state index contributed by atoms with van der Waals surface area (Å²) in [7, 11) is 0. The quantitative estimate of drug-likeness (QED) is 0.540. The van der Waals surface area contributed by atoms with Gasteiger partial charge in [-0.2, -0.15) is 0 Å². The number of unbranched alkanes of at least 4 members (excludes halogenated alkanes) is 3. The molecule has 0 bridgehead atoms. The molecule has 2 aromatic carbocycles. The first-order valence-electron chi connectivity index (χ1n) is 9.01.